The first-order valence-electron chi connectivity index (χ1n) is 7.08. The highest BCUT2D eigenvalue weighted by Crippen LogP contribution is 2.28. The van der Waals surface area contributed by atoms with Crippen LogP contribution in [0.25, 0.3) is 0 Å². The first-order chi connectivity index (χ1) is 8.74. The van der Waals surface area contributed by atoms with E-state index in [2.05, 4.69) is 34.1 Å². The van der Waals surface area contributed by atoms with Crippen molar-refractivity contribution in [3.8, 4) is 0 Å². The van der Waals surface area contributed by atoms with Crippen LogP contribution in [0.2, 0.25) is 0 Å². The van der Waals surface area contributed by atoms with Gasteiger partial charge in [0.2, 0.25) is 0 Å². The molecule has 1 aromatic rings. The van der Waals surface area contributed by atoms with Crippen LogP contribution >= 0.6 is 0 Å². The molecule has 0 spiro atoms. The van der Waals surface area contributed by atoms with E-state index in [1.165, 1.54) is 37.2 Å². The molecule has 18 heavy (non-hydrogen) atoms. The zero-order valence-corrected chi connectivity index (χ0v) is 11.2. The summed E-state index contributed by atoms with van der Waals surface area (Å²) in [6.45, 7) is 6.80. The van der Waals surface area contributed by atoms with Gasteiger partial charge in [0.05, 0.1) is 0 Å². The summed E-state index contributed by atoms with van der Waals surface area (Å²) < 4.78 is 0. The summed E-state index contributed by atoms with van der Waals surface area (Å²) in [7, 11) is 0. The van der Waals surface area contributed by atoms with Crippen LogP contribution in [0, 0.1) is 0 Å². The van der Waals surface area contributed by atoms with E-state index in [0.29, 0.717) is 0 Å². The standard InChI is InChI=1S/C15H23N3/c1-12(16)13-2-4-14(5-3-13)17-8-10-18(11-9-17)15-6-7-15/h2-5,12,15H,6-11,16H2,1H3/t12-/m1/s1. The number of hydrogen-bond acceptors (Lipinski definition) is 3. The van der Waals surface area contributed by atoms with Gasteiger partial charge in [-0.3, -0.25) is 4.90 Å². The zero-order chi connectivity index (χ0) is 12.5. The predicted molar refractivity (Wildman–Crippen MR) is 75.9 cm³/mol. The molecule has 2 N–H and O–H groups in total. The molecular weight excluding hydrogens is 222 g/mol. The van der Waals surface area contributed by atoms with Crippen LogP contribution < -0.4 is 10.6 Å². The quantitative estimate of drug-likeness (QED) is 0.884. The van der Waals surface area contributed by atoms with Crippen molar-refractivity contribution in [2.45, 2.75) is 31.8 Å². The van der Waals surface area contributed by atoms with Crippen LogP contribution in [0.1, 0.15) is 31.4 Å². The molecule has 1 heterocycles. The first-order valence-corrected chi connectivity index (χ1v) is 7.08. The number of piperazine rings is 1. The van der Waals surface area contributed by atoms with Crippen molar-refractivity contribution in [3.63, 3.8) is 0 Å². The maximum Gasteiger partial charge on any atom is 0.0367 e. The van der Waals surface area contributed by atoms with E-state index in [9.17, 15) is 0 Å². The zero-order valence-electron chi connectivity index (χ0n) is 11.2. The van der Waals surface area contributed by atoms with Gasteiger partial charge in [-0.1, -0.05) is 12.1 Å². The molecule has 1 atom stereocenters. The fourth-order valence-corrected chi connectivity index (χ4v) is 2.77. The van der Waals surface area contributed by atoms with Crippen molar-refractivity contribution < 1.29 is 0 Å². The second-order valence-corrected chi connectivity index (χ2v) is 5.63. The Labute approximate surface area is 110 Å². The van der Waals surface area contributed by atoms with Gasteiger partial charge in [-0.2, -0.15) is 0 Å². The molecule has 98 valence electrons. The van der Waals surface area contributed by atoms with Crippen molar-refractivity contribution in [1.82, 2.24) is 4.90 Å². The Bertz CT molecular complexity index is 387. The van der Waals surface area contributed by atoms with Crippen LogP contribution in [0.3, 0.4) is 0 Å². The number of hydrogen-bond donors (Lipinski definition) is 1. The highest BCUT2D eigenvalue weighted by Gasteiger charge is 2.31. The first kappa shape index (κ1) is 12.0. The van der Waals surface area contributed by atoms with E-state index >= 15 is 0 Å². The second-order valence-electron chi connectivity index (χ2n) is 5.63. The molecular formula is C15H23N3. The topological polar surface area (TPSA) is 32.5 Å². The molecule has 1 aliphatic heterocycles. The molecule has 3 heteroatoms. The van der Waals surface area contributed by atoms with Crippen LogP contribution in [0.4, 0.5) is 5.69 Å². The number of benzene rings is 1. The Balaban J connectivity index is 1.61. The SMILES string of the molecule is C[C@@H](N)c1ccc(N2CCN(C3CC3)CC2)cc1. The van der Waals surface area contributed by atoms with Gasteiger partial charge in [-0.25, -0.2) is 0 Å². The Morgan fingerprint density at radius 2 is 1.67 bits per heavy atom. The molecule has 3 rings (SSSR count). The van der Waals surface area contributed by atoms with E-state index in [4.69, 9.17) is 5.73 Å². The van der Waals surface area contributed by atoms with Gasteiger partial charge in [0.1, 0.15) is 0 Å². The molecule has 3 nitrogen and oxygen atoms in total. The molecule has 2 aliphatic rings. The lowest BCUT2D eigenvalue weighted by Crippen LogP contribution is -2.47. The summed E-state index contributed by atoms with van der Waals surface area (Å²) in [6, 6.07) is 9.79. The molecule has 0 aromatic heterocycles. The highest BCUT2D eigenvalue weighted by atomic mass is 15.3. The van der Waals surface area contributed by atoms with Crippen molar-refractivity contribution in [3.05, 3.63) is 29.8 Å². The lowest BCUT2D eigenvalue weighted by atomic mass is 10.1. The van der Waals surface area contributed by atoms with Gasteiger partial charge < -0.3 is 10.6 Å². The largest absolute Gasteiger partial charge is 0.369 e. The molecule has 1 saturated heterocycles. The van der Waals surface area contributed by atoms with Crippen LogP contribution in [0.5, 0.6) is 0 Å². The van der Waals surface area contributed by atoms with Gasteiger partial charge in [0.25, 0.3) is 0 Å². The molecule has 2 fully saturated rings. The van der Waals surface area contributed by atoms with Gasteiger partial charge in [-0.05, 0) is 37.5 Å². The predicted octanol–water partition coefficient (Wildman–Crippen LogP) is 1.99. The Morgan fingerprint density at radius 1 is 1.06 bits per heavy atom. The Kier molecular flexibility index (Phi) is 3.27. The minimum Gasteiger partial charge on any atom is -0.369 e. The van der Waals surface area contributed by atoms with Crippen LogP contribution in [-0.2, 0) is 0 Å². The summed E-state index contributed by atoms with van der Waals surface area (Å²) >= 11 is 0. The normalized spacial score (nSPS) is 23.1. The third kappa shape index (κ3) is 2.52. The lowest BCUT2D eigenvalue weighted by Gasteiger charge is -2.36. The van der Waals surface area contributed by atoms with E-state index in [1.54, 1.807) is 0 Å². The maximum absolute atomic E-state index is 5.88. The molecule has 1 aliphatic carbocycles. The summed E-state index contributed by atoms with van der Waals surface area (Å²) in [5.74, 6) is 0. The van der Waals surface area contributed by atoms with E-state index in [1.807, 2.05) is 6.92 Å². The average molecular weight is 245 g/mol. The molecule has 0 unspecified atom stereocenters. The molecule has 0 bridgehead atoms. The highest BCUT2D eigenvalue weighted by molar-refractivity contribution is 5.48. The van der Waals surface area contributed by atoms with Gasteiger partial charge >= 0.3 is 0 Å². The third-order valence-electron chi connectivity index (χ3n) is 4.16. The Morgan fingerprint density at radius 3 is 2.17 bits per heavy atom. The smallest absolute Gasteiger partial charge is 0.0367 e. The molecule has 0 radical (unpaired) electrons. The molecule has 1 aromatic carbocycles. The summed E-state index contributed by atoms with van der Waals surface area (Å²) in [6.07, 6.45) is 2.84. The minimum atomic E-state index is 0.130. The van der Waals surface area contributed by atoms with Crippen molar-refractivity contribution >= 4 is 5.69 Å². The van der Waals surface area contributed by atoms with E-state index in [0.717, 1.165) is 19.1 Å². The molecule has 1 saturated carbocycles. The minimum absolute atomic E-state index is 0.130. The maximum atomic E-state index is 5.88. The van der Waals surface area contributed by atoms with E-state index < -0.39 is 0 Å². The number of anilines is 1. The van der Waals surface area contributed by atoms with Crippen LogP contribution in [-0.4, -0.2) is 37.1 Å². The van der Waals surface area contributed by atoms with Crippen molar-refractivity contribution in [1.29, 1.82) is 0 Å². The number of nitrogens with two attached hydrogens (primary N) is 1. The summed E-state index contributed by atoms with van der Waals surface area (Å²) in [5.41, 5.74) is 8.44. The average Bonchev–Trinajstić information content (AvgIpc) is 3.23. The van der Waals surface area contributed by atoms with Crippen LogP contribution in [0.15, 0.2) is 24.3 Å². The van der Waals surface area contributed by atoms with E-state index in [-0.39, 0.29) is 6.04 Å². The molecule has 0 amide bonds. The summed E-state index contributed by atoms with van der Waals surface area (Å²) in [5, 5.41) is 0. The lowest BCUT2D eigenvalue weighted by molar-refractivity contribution is 0.248. The second kappa shape index (κ2) is 4.90. The summed E-state index contributed by atoms with van der Waals surface area (Å²) in [4.78, 5) is 5.14. The van der Waals surface area contributed by atoms with Gasteiger partial charge in [0, 0.05) is 44.0 Å². The van der Waals surface area contributed by atoms with Gasteiger partial charge in [-0.15, -0.1) is 0 Å². The monoisotopic (exact) mass is 245 g/mol. The van der Waals surface area contributed by atoms with Gasteiger partial charge in [0.15, 0.2) is 0 Å². The fraction of sp³-hybridized carbons (Fsp3) is 0.600. The van der Waals surface area contributed by atoms with Crippen molar-refractivity contribution in [2.75, 3.05) is 31.1 Å². The third-order valence-corrected chi connectivity index (χ3v) is 4.16. The Hall–Kier alpha value is -1.06. The number of nitrogens with zero attached hydrogens (tertiary/aromatic N) is 2. The number of rotatable bonds is 3. The fourth-order valence-electron chi connectivity index (χ4n) is 2.77. The van der Waals surface area contributed by atoms with Crippen molar-refractivity contribution in [2.24, 2.45) is 5.73 Å².